The zero-order valence-electron chi connectivity index (χ0n) is 25.4. The Morgan fingerprint density at radius 1 is 1.16 bits per heavy atom. The van der Waals surface area contributed by atoms with E-state index in [1.165, 1.54) is 17.7 Å². The Bertz CT molecular complexity index is 1950. The van der Waals surface area contributed by atoms with Gasteiger partial charge in [-0.25, -0.2) is 14.4 Å². The fraction of sp³-hybridized carbons (Fsp3) is 0.382. The standard InChI is InChI=1S/C34H36FN7O3/c1-40-31-26(9-22(12-29(31)44-2)34(43)41-17-24(35)14-25(36)18-41)39-33(40)28-11-21-6-5-20(10-27(21)42(28)16-19-3-4-19)23-13-30-32(38-15-23)37-7-8-45-30/h5-6,9-13,15,19,24-25H,3-4,7-8,14,16-18,36H2,1-2H3,(H,37,38)/t24-,25-/m1/s1. The van der Waals surface area contributed by atoms with Crippen molar-refractivity contribution in [2.24, 2.45) is 18.7 Å². The molecule has 0 bridgehead atoms. The number of imidazole rings is 1. The van der Waals surface area contributed by atoms with Crippen LogP contribution in [0, 0.1) is 5.92 Å². The maximum Gasteiger partial charge on any atom is 0.254 e. The lowest BCUT2D eigenvalue weighted by molar-refractivity contribution is 0.0606. The number of fused-ring (bicyclic) bond motifs is 3. The van der Waals surface area contributed by atoms with Crippen molar-refractivity contribution in [2.45, 2.75) is 38.0 Å². The Morgan fingerprint density at radius 3 is 2.82 bits per heavy atom. The average molecular weight is 610 g/mol. The number of nitrogens with one attached hydrogen (secondary N) is 1. The van der Waals surface area contributed by atoms with Crippen LogP contribution in [0.15, 0.2) is 48.7 Å². The number of benzene rings is 2. The highest BCUT2D eigenvalue weighted by molar-refractivity contribution is 6.00. The molecular formula is C34H36FN7O3. The first-order chi connectivity index (χ1) is 21.9. The number of carbonyl (C=O) groups is 1. The second-order valence-corrected chi connectivity index (χ2v) is 12.5. The molecule has 3 aromatic heterocycles. The Labute approximate surface area is 259 Å². The Balaban J connectivity index is 1.22. The van der Waals surface area contributed by atoms with Crippen LogP contribution in [-0.2, 0) is 13.6 Å². The van der Waals surface area contributed by atoms with Crippen molar-refractivity contribution < 1.29 is 18.7 Å². The second kappa shape index (κ2) is 10.8. The number of aryl methyl sites for hydroxylation is 1. The predicted octanol–water partition coefficient (Wildman–Crippen LogP) is 4.99. The van der Waals surface area contributed by atoms with Crippen molar-refractivity contribution >= 4 is 33.7 Å². The third-order valence-electron chi connectivity index (χ3n) is 9.23. The van der Waals surface area contributed by atoms with Gasteiger partial charge in [0.1, 0.15) is 24.0 Å². The van der Waals surface area contributed by atoms with Crippen molar-refractivity contribution in [3.05, 3.63) is 54.2 Å². The molecule has 2 aliphatic heterocycles. The van der Waals surface area contributed by atoms with Gasteiger partial charge in [-0.1, -0.05) is 12.1 Å². The molecule has 5 heterocycles. The lowest BCUT2D eigenvalue weighted by Gasteiger charge is -2.33. The summed E-state index contributed by atoms with van der Waals surface area (Å²) in [6.07, 6.45) is 3.44. The lowest BCUT2D eigenvalue weighted by Crippen LogP contribution is -2.50. The second-order valence-electron chi connectivity index (χ2n) is 12.5. The van der Waals surface area contributed by atoms with Gasteiger partial charge in [0.15, 0.2) is 17.4 Å². The van der Waals surface area contributed by atoms with E-state index in [0.29, 0.717) is 35.9 Å². The highest BCUT2D eigenvalue weighted by atomic mass is 19.1. The van der Waals surface area contributed by atoms with Crippen LogP contribution in [0.4, 0.5) is 10.2 Å². The molecular weight excluding hydrogens is 573 g/mol. The van der Waals surface area contributed by atoms with E-state index in [1.807, 2.05) is 23.9 Å². The summed E-state index contributed by atoms with van der Waals surface area (Å²) in [5.41, 5.74) is 12.1. The summed E-state index contributed by atoms with van der Waals surface area (Å²) in [4.78, 5) is 24.7. The van der Waals surface area contributed by atoms with E-state index in [1.54, 1.807) is 19.2 Å². The van der Waals surface area contributed by atoms with Gasteiger partial charge in [-0.3, -0.25) is 4.79 Å². The van der Waals surface area contributed by atoms with Gasteiger partial charge in [0.2, 0.25) is 0 Å². The minimum atomic E-state index is -1.13. The molecule has 3 N–H and O–H groups in total. The van der Waals surface area contributed by atoms with Crippen molar-refractivity contribution in [2.75, 3.05) is 38.7 Å². The molecule has 1 amide bonds. The highest BCUT2D eigenvalue weighted by Crippen LogP contribution is 2.39. The summed E-state index contributed by atoms with van der Waals surface area (Å²) in [7, 11) is 3.57. The topological polar surface area (TPSA) is 112 Å². The number of nitrogens with two attached hydrogens (primary N) is 1. The van der Waals surface area contributed by atoms with E-state index in [9.17, 15) is 9.18 Å². The molecule has 2 fully saturated rings. The fourth-order valence-corrected chi connectivity index (χ4v) is 6.79. The van der Waals surface area contributed by atoms with Gasteiger partial charge >= 0.3 is 0 Å². The maximum absolute atomic E-state index is 14.3. The molecule has 2 aromatic carbocycles. The van der Waals surface area contributed by atoms with Gasteiger partial charge in [0.05, 0.1) is 31.4 Å². The maximum atomic E-state index is 14.3. The molecule has 0 radical (unpaired) electrons. The smallest absolute Gasteiger partial charge is 0.254 e. The van der Waals surface area contributed by atoms with Crippen LogP contribution < -0.4 is 20.5 Å². The zero-order valence-corrected chi connectivity index (χ0v) is 25.4. The van der Waals surface area contributed by atoms with Gasteiger partial charge in [-0.05, 0) is 61.1 Å². The highest BCUT2D eigenvalue weighted by Gasteiger charge is 2.30. The normalized spacial score (nSPS) is 19.8. The van der Waals surface area contributed by atoms with Crippen LogP contribution in [0.25, 0.3) is 44.6 Å². The van der Waals surface area contributed by atoms with Crippen molar-refractivity contribution in [3.63, 3.8) is 0 Å². The van der Waals surface area contributed by atoms with E-state index in [0.717, 1.165) is 63.7 Å². The fourth-order valence-electron chi connectivity index (χ4n) is 6.79. The van der Waals surface area contributed by atoms with Crippen molar-refractivity contribution in [1.82, 2.24) is 24.0 Å². The quantitative estimate of drug-likeness (QED) is 0.279. The number of alkyl halides is 1. The summed E-state index contributed by atoms with van der Waals surface area (Å²) < 4.78 is 30.3. The van der Waals surface area contributed by atoms with Gasteiger partial charge in [-0.15, -0.1) is 0 Å². The summed E-state index contributed by atoms with van der Waals surface area (Å²) in [5.74, 6) is 3.22. The molecule has 5 aromatic rings. The third kappa shape index (κ3) is 4.95. The van der Waals surface area contributed by atoms with Crippen LogP contribution in [0.5, 0.6) is 11.5 Å². The number of nitrogens with zero attached hydrogens (tertiary/aromatic N) is 5. The van der Waals surface area contributed by atoms with Gasteiger partial charge < -0.3 is 34.6 Å². The summed E-state index contributed by atoms with van der Waals surface area (Å²) >= 11 is 0. The van der Waals surface area contributed by atoms with E-state index in [-0.39, 0.29) is 24.9 Å². The molecule has 10 nitrogen and oxygen atoms in total. The number of hydrogen-bond acceptors (Lipinski definition) is 7. The van der Waals surface area contributed by atoms with Gasteiger partial charge in [0.25, 0.3) is 5.91 Å². The average Bonchev–Trinajstić information content (AvgIpc) is 3.72. The van der Waals surface area contributed by atoms with E-state index in [4.69, 9.17) is 20.2 Å². The Hall–Kier alpha value is -4.64. The molecule has 232 valence electrons. The number of likely N-dealkylation sites (tertiary alicyclic amines) is 1. The van der Waals surface area contributed by atoms with Gasteiger partial charge in [-0.2, -0.15) is 0 Å². The zero-order chi connectivity index (χ0) is 30.8. The number of carbonyl (C=O) groups excluding carboxylic acids is 1. The molecule has 1 saturated carbocycles. The Kier molecular flexibility index (Phi) is 6.67. The van der Waals surface area contributed by atoms with E-state index in [2.05, 4.69) is 39.1 Å². The number of anilines is 1. The minimum Gasteiger partial charge on any atom is -0.494 e. The molecule has 11 heteroatoms. The van der Waals surface area contributed by atoms with Crippen molar-refractivity contribution in [3.8, 4) is 34.1 Å². The predicted molar refractivity (Wildman–Crippen MR) is 172 cm³/mol. The first kappa shape index (κ1) is 27.9. The largest absolute Gasteiger partial charge is 0.494 e. The first-order valence-corrected chi connectivity index (χ1v) is 15.6. The summed E-state index contributed by atoms with van der Waals surface area (Å²) in [6.45, 7) is 2.62. The van der Waals surface area contributed by atoms with Crippen LogP contribution in [0.3, 0.4) is 0 Å². The number of ether oxygens (including phenoxy) is 2. The Morgan fingerprint density at radius 2 is 2.02 bits per heavy atom. The number of hydrogen-bond donors (Lipinski definition) is 2. The third-order valence-corrected chi connectivity index (χ3v) is 9.23. The van der Waals surface area contributed by atoms with E-state index >= 15 is 0 Å². The number of amides is 1. The molecule has 1 aliphatic carbocycles. The number of halogens is 1. The molecule has 8 rings (SSSR count). The lowest BCUT2D eigenvalue weighted by atomic mass is 10.0. The number of methoxy groups -OCH3 is 1. The van der Waals surface area contributed by atoms with Crippen molar-refractivity contribution in [1.29, 1.82) is 0 Å². The molecule has 3 aliphatic rings. The van der Waals surface area contributed by atoms with Crippen LogP contribution >= 0.6 is 0 Å². The number of piperidine rings is 1. The van der Waals surface area contributed by atoms with Gasteiger partial charge in [0, 0.05) is 54.4 Å². The minimum absolute atomic E-state index is 0.0368. The molecule has 1 saturated heterocycles. The van der Waals surface area contributed by atoms with Crippen LogP contribution in [-0.4, -0.2) is 75.5 Å². The molecule has 45 heavy (non-hydrogen) atoms. The molecule has 0 spiro atoms. The monoisotopic (exact) mass is 609 g/mol. The van der Waals surface area contributed by atoms with Crippen LogP contribution in [0.1, 0.15) is 29.6 Å². The first-order valence-electron chi connectivity index (χ1n) is 15.6. The molecule has 0 unspecified atom stereocenters. The number of pyridine rings is 1. The van der Waals surface area contributed by atoms with E-state index < -0.39 is 6.17 Å². The summed E-state index contributed by atoms with van der Waals surface area (Å²) in [5, 5.41) is 4.41. The SMILES string of the molecule is COc1cc(C(=O)N2C[C@H](N)C[C@@H](F)C2)cc2nc(-c3cc4ccc(-c5cnc6c(c5)OCCN6)cc4n3CC3CC3)n(C)c12. The molecule has 2 atom stereocenters. The number of aromatic nitrogens is 4. The number of rotatable bonds is 6. The van der Waals surface area contributed by atoms with Crippen LogP contribution in [0.2, 0.25) is 0 Å². The summed E-state index contributed by atoms with van der Waals surface area (Å²) in [6, 6.07) is 13.9.